The van der Waals surface area contributed by atoms with Gasteiger partial charge in [-0.3, -0.25) is 0 Å². The first-order valence-corrected chi connectivity index (χ1v) is 6.06. The van der Waals surface area contributed by atoms with Crippen LogP contribution >= 0.6 is 0 Å². The van der Waals surface area contributed by atoms with E-state index in [2.05, 4.69) is 12.2 Å². The second kappa shape index (κ2) is 5.23. The molecule has 0 saturated heterocycles. The molecule has 0 bridgehead atoms. The van der Waals surface area contributed by atoms with E-state index in [1.54, 1.807) is 0 Å². The zero-order valence-electron chi connectivity index (χ0n) is 10.6. The summed E-state index contributed by atoms with van der Waals surface area (Å²) in [5, 5.41) is 3.44. The SMILES string of the molecule is CCCNC(c1ccc(C)o1)c1ccc(C)o1. The van der Waals surface area contributed by atoms with Gasteiger partial charge in [0.2, 0.25) is 0 Å². The van der Waals surface area contributed by atoms with E-state index >= 15 is 0 Å². The Hall–Kier alpha value is -1.48. The number of rotatable bonds is 5. The lowest BCUT2D eigenvalue weighted by Crippen LogP contribution is -2.22. The molecule has 0 aliphatic heterocycles. The zero-order valence-corrected chi connectivity index (χ0v) is 10.6. The molecule has 0 atom stereocenters. The van der Waals surface area contributed by atoms with Crippen molar-refractivity contribution in [1.29, 1.82) is 0 Å². The molecule has 0 saturated carbocycles. The van der Waals surface area contributed by atoms with Gasteiger partial charge in [-0.05, 0) is 51.1 Å². The maximum Gasteiger partial charge on any atom is 0.128 e. The monoisotopic (exact) mass is 233 g/mol. The lowest BCUT2D eigenvalue weighted by atomic mass is 10.1. The Bertz CT molecular complexity index is 430. The molecule has 0 amide bonds. The molecule has 2 aromatic heterocycles. The van der Waals surface area contributed by atoms with Gasteiger partial charge >= 0.3 is 0 Å². The summed E-state index contributed by atoms with van der Waals surface area (Å²) in [6.45, 7) is 6.98. The molecule has 2 aromatic rings. The molecule has 17 heavy (non-hydrogen) atoms. The minimum Gasteiger partial charge on any atom is -0.464 e. The first-order chi connectivity index (χ1) is 8.20. The van der Waals surface area contributed by atoms with Crippen LogP contribution in [-0.4, -0.2) is 6.54 Å². The minimum absolute atomic E-state index is 0.0114. The first kappa shape index (κ1) is 12.0. The standard InChI is InChI=1S/C14H19NO2/c1-4-9-15-14(12-7-5-10(2)16-12)13-8-6-11(3)17-13/h5-8,14-15H,4,9H2,1-3H3. The van der Waals surface area contributed by atoms with Gasteiger partial charge in [-0.15, -0.1) is 0 Å². The highest BCUT2D eigenvalue weighted by atomic mass is 16.4. The molecule has 0 fully saturated rings. The fourth-order valence-corrected chi connectivity index (χ4v) is 1.85. The van der Waals surface area contributed by atoms with Crippen LogP contribution in [0.25, 0.3) is 0 Å². The fourth-order valence-electron chi connectivity index (χ4n) is 1.85. The highest BCUT2D eigenvalue weighted by Gasteiger charge is 2.19. The predicted octanol–water partition coefficient (Wildman–Crippen LogP) is 3.58. The van der Waals surface area contributed by atoms with Crippen LogP contribution in [0.4, 0.5) is 0 Å². The normalized spacial score (nSPS) is 11.3. The van der Waals surface area contributed by atoms with Crippen molar-refractivity contribution in [3.8, 4) is 0 Å². The third-order valence-corrected chi connectivity index (χ3v) is 2.69. The maximum absolute atomic E-state index is 5.68. The molecule has 0 aliphatic carbocycles. The summed E-state index contributed by atoms with van der Waals surface area (Å²) >= 11 is 0. The van der Waals surface area contributed by atoms with Gasteiger partial charge in [0.15, 0.2) is 0 Å². The summed E-state index contributed by atoms with van der Waals surface area (Å²) in [6, 6.07) is 7.97. The molecule has 3 heteroatoms. The average Bonchev–Trinajstić information content (AvgIpc) is 2.89. The number of aryl methyl sites for hydroxylation is 2. The molecule has 0 aromatic carbocycles. The topological polar surface area (TPSA) is 38.3 Å². The third-order valence-electron chi connectivity index (χ3n) is 2.69. The van der Waals surface area contributed by atoms with E-state index in [-0.39, 0.29) is 6.04 Å². The van der Waals surface area contributed by atoms with Gasteiger partial charge in [-0.2, -0.15) is 0 Å². The van der Waals surface area contributed by atoms with Crippen LogP contribution in [0.2, 0.25) is 0 Å². The van der Waals surface area contributed by atoms with Crippen LogP contribution in [0.5, 0.6) is 0 Å². The number of furan rings is 2. The maximum atomic E-state index is 5.68. The van der Waals surface area contributed by atoms with Crippen molar-refractivity contribution in [2.24, 2.45) is 0 Å². The van der Waals surface area contributed by atoms with Gasteiger partial charge in [0, 0.05) is 0 Å². The molecule has 2 heterocycles. The number of hydrogen-bond acceptors (Lipinski definition) is 3. The Morgan fingerprint density at radius 2 is 1.53 bits per heavy atom. The Morgan fingerprint density at radius 1 is 1.00 bits per heavy atom. The second-order valence-corrected chi connectivity index (χ2v) is 4.28. The Kier molecular flexibility index (Phi) is 3.69. The van der Waals surface area contributed by atoms with Crippen molar-refractivity contribution in [2.75, 3.05) is 6.54 Å². The molecule has 0 radical (unpaired) electrons. The third kappa shape index (κ3) is 2.80. The molecule has 0 unspecified atom stereocenters. The van der Waals surface area contributed by atoms with Gasteiger partial charge in [0.1, 0.15) is 29.1 Å². The van der Waals surface area contributed by atoms with Crippen LogP contribution in [0.3, 0.4) is 0 Å². The minimum atomic E-state index is 0.0114. The van der Waals surface area contributed by atoms with Crippen LogP contribution in [0.1, 0.15) is 42.4 Å². The summed E-state index contributed by atoms with van der Waals surface area (Å²) in [7, 11) is 0. The summed E-state index contributed by atoms with van der Waals surface area (Å²) < 4.78 is 11.4. The van der Waals surface area contributed by atoms with Crippen molar-refractivity contribution in [3.05, 3.63) is 47.3 Å². The van der Waals surface area contributed by atoms with Crippen LogP contribution in [0.15, 0.2) is 33.1 Å². The average molecular weight is 233 g/mol. The zero-order chi connectivity index (χ0) is 12.3. The summed E-state index contributed by atoms with van der Waals surface area (Å²) in [5.41, 5.74) is 0. The van der Waals surface area contributed by atoms with Crippen LogP contribution < -0.4 is 5.32 Å². The van der Waals surface area contributed by atoms with Crippen molar-refractivity contribution >= 4 is 0 Å². The molecule has 2 rings (SSSR count). The smallest absolute Gasteiger partial charge is 0.128 e. The van der Waals surface area contributed by atoms with Gasteiger partial charge in [0.05, 0.1) is 0 Å². The number of nitrogens with one attached hydrogen (secondary N) is 1. The van der Waals surface area contributed by atoms with E-state index in [4.69, 9.17) is 8.83 Å². The van der Waals surface area contributed by atoms with E-state index in [0.717, 1.165) is 36.0 Å². The molecule has 1 N–H and O–H groups in total. The quantitative estimate of drug-likeness (QED) is 0.857. The van der Waals surface area contributed by atoms with Gasteiger partial charge in [-0.1, -0.05) is 6.92 Å². The van der Waals surface area contributed by atoms with Crippen LogP contribution in [-0.2, 0) is 0 Å². The van der Waals surface area contributed by atoms with Crippen LogP contribution in [0, 0.1) is 13.8 Å². The highest BCUT2D eigenvalue weighted by Crippen LogP contribution is 2.25. The van der Waals surface area contributed by atoms with E-state index in [1.807, 2.05) is 38.1 Å². The Balaban J connectivity index is 2.24. The van der Waals surface area contributed by atoms with Gasteiger partial charge < -0.3 is 14.2 Å². The summed E-state index contributed by atoms with van der Waals surface area (Å²) in [6.07, 6.45) is 1.08. The summed E-state index contributed by atoms with van der Waals surface area (Å²) in [4.78, 5) is 0. The molecular weight excluding hydrogens is 214 g/mol. The van der Waals surface area contributed by atoms with Crippen molar-refractivity contribution < 1.29 is 8.83 Å². The highest BCUT2D eigenvalue weighted by molar-refractivity contribution is 5.21. The fraction of sp³-hybridized carbons (Fsp3) is 0.429. The molecule has 0 spiro atoms. The van der Waals surface area contributed by atoms with E-state index in [9.17, 15) is 0 Å². The molecule has 0 aliphatic rings. The lowest BCUT2D eigenvalue weighted by molar-refractivity contribution is 0.374. The molecular formula is C14H19NO2. The van der Waals surface area contributed by atoms with Crippen molar-refractivity contribution in [1.82, 2.24) is 5.32 Å². The van der Waals surface area contributed by atoms with E-state index in [1.165, 1.54) is 0 Å². The second-order valence-electron chi connectivity index (χ2n) is 4.28. The first-order valence-electron chi connectivity index (χ1n) is 6.06. The molecule has 3 nitrogen and oxygen atoms in total. The van der Waals surface area contributed by atoms with Gasteiger partial charge in [-0.25, -0.2) is 0 Å². The lowest BCUT2D eigenvalue weighted by Gasteiger charge is -2.13. The Morgan fingerprint density at radius 3 is 1.88 bits per heavy atom. The van der Waals surface area contributed by atoms with E-state index in [0.29, 0.717) is 0 Å². The largest absolute Gasteiger partial charge is 0.464 e. The molecule has 92 valence electrons. The Labute approximate surface area is 102 Å². The van der Waals surface area contributed by atoms with E-state index < -0.39 is 0 Å². The van der Waals surface area contributed by atoms with Crippen molar-refractivity contribution in [3.63, 3.8) is 0 Å². The number of hydrogen-bond donors (Lipinski definition) is 1. The van der Waals surface area contributed by atoms with Gasteiger partial charge in [0.25, 0.3) is 0 Å². The summed E-state index contributed by atoms with van der Waals surface area (Å²) in [5.74, 6) is 3.66. The van der Waals surface area contributed by atoms with Crippen molar-refractivity contribution in [2.45, 2.75) is 33.2 Å². The predicted molar refractivity (Wildman–Crippen MR) is 67.0 cm³/mol.